The van der Waals surface area contributed by atoms with Gasteiger partial charge in [-0.1, -0.05) is 26.0 Å². The van der Waals surface area contributed by atoms with Crippen molar-refractivity contribution >= 4 is 0 Å². The molecule has 2 rings (SSSR count). The Morgan fingerprint density at radius 2 is 1.71 bits per heavy atom. The molecule has 0 aliphatic heterocycles. The van der Waals surface area contributed by atoms with Crippen LogP contribution >= 0.6 is 0 Å². The van der Waals surface area contributed by atoms with Crippen LogP contribution in [0.4, 0.5) is 0 Å². The molecule has 1 aliphatic carbocycles. The lowest BCUT2D eigenvalue weighted by Crippen LogP contribution is -2.16. The monoisotopic (exact) mass is 233 g/mol. The standard InChI is InChI=1S/C15H23NO/c1-11(2)15(16)12-7-9-14(10-8-12)17-13-5-3-4-6-13/h7-11,13,15H,3-6,16H2,1-2H3/t15-/m0/s1. The zero-order valence-corrected chi connectivity index (χ0v) is 10.9. The van der Waals surface area contributed by atoms with E-state index in [1.165, 1.54) is 31.2 Å². The largest absolute Gasteiger partial charge is 0.490 e. The Labute approximate surface area is 104 Å². The molecule has 1 fully saturated rings. The van der Waals surface area contributed by atoms with E-state index in [4.69, 9.17) is 10.5 Å². The van der Waals surface area contributed by atoms with Gasteiger partial charge < -0.3 is 10.5 Å². The summed E-state index contributed by atoms with van der Waals surface area (Å²) in [6.07, 6.45) is 5.45. The zero-order valence-electron chi connectivity index (χ0n) is 10.9. The van der Waals surface area contributed by atoms with E-state index in [1.807, 2.05) is 0 Å². The highest BCUT2D eigenvalue weighted by Gasteiger charge is 2.16. The normalized spacial score (nSPS) is 18.6. The third-order valence-corrected chi connectivity index (χ3v) is 3.59. The molecule has 1 saturated carbocycles. The SMILES string of the molecule is CC(C)[C@H](N)c1ccc(OC2CCCC2)cc1. The summed E-state index contributed by atoms with van der Waals surface area (Å²) >= 11 is 0. The third-order valence-electron chi connectivity index (χ3n) is 3.59. The minimum Gasteiger partial charge on any atom is -0.490 e. The highest BCUT2D eigenvalue weighted by molar-refractivity contribution is 5.29. The lowest BCUT2D eigenvalue weighted by molar-refractivity contribution is 0.210. The first-order valence-corrected chi connectivity index (χ1v) is 6.69. The quantitative estimate of drug-likeness (QED) is 0.861. The Balaban J connectivity index is 1.97. The Bertz CT molecular complexity index is 338. The second kappa shape index (κ2) is 5.54. The van der Waals surface area contributed by atoms with Gasteiger partial charge in [-0.2, -0.15) is 0 Å². The first kappa shape index (κ1) is 12.4. The molecule has 1 atom stereocenters. The highest BCUT2D eigenvalue weighted by Crippen LogP contribution is 2.26. The number of hydrogen-bond donors (Lipinski definition) is 1. The van der Waals surface area contributed by atoms with Crippen molar-refractivity contribution in [1.29, 1.82) is 0 Å². The van der Waals surface area contributed by atoms with E-state index in [9.17, 15) is 0 Å². The van der Waals surface area contributed by atoms with Crippen molar-refractivity contribution in [2.75, 3.05) is 0 Å². The highest BCUT2D eigenvalue weighted by atomic mass is 16.5. The van der Waals surface area contributed by atoms with Crippen LogP contribution in [-0.2, 0) is 0 Å². The molecule has 17 heavy (non-hydrogen) atoms. The van der Waals surface area contributed by atoms with E-state index < -0.39 is 0 Å². The van der Waals surface area contributed by atoms with E-state index in [0.717, 1.165) is 5.75 Å². The Hall–Kier alpha value is -1.02. The van der Waals surface area contributed by atoms with Crippen LogP contribution in [0.1, 0.15) is 51.1 Å². The molecule has 1 aromatic rings. The van der Waals surface area contributed by atoms with Crippen molar-refractivity contribution in [3.63, 3.8) is 0 Å². The van der Waals surface area contributed by atoms with Gasteiger partial charge in [0, 0.05) is 6.04 Å². The van der Waals surface area contributed by atoms with E-state index >= 15 is 0 Å². The van der Waals surface area contributed by atoms with Gasteiger partial charge >= 0.3 is 0 Å². The lowest BCUT2D eigenvalue weighted by atomic mass is 9.97. The van der Waals surface area contributed by atoms with Crippen molar-refractivity contribution in [1.82, 2.24) is 0 Å². The van der Waals surface area contributed by atoms with Crippen molar-refractivity contribution < 1.29 is 4.74 Å². The molecular weight excluding hydrogens is 210 g/mol. The van der Waals surface area contributed by atoms with Gasteiger partial charge in [-0.15, -0.1) is 0 Å². The van der Waals surface area contributed by atoms with Gasteiger partial charge in [0.2, 0.25) is 0 Å². The number of hydrogen-bond acceptors (Lipinski definition) is 2. The molecule has 1 aliphatic rings. The van der Waals surface area contributed by atoms with Crippen LogP contribution in [0, 0.1) is 5.92 Å². The maximum absolute atomic E-state index is 6.11. The van der Waals surface area contributed by atoms with Gasteiger partial charge in [0.25, 0.3) is 0 Å². The number of benzene rings is 1. The molecule has 0 spiro atoms. The zero-order chi connectivity index (χ0) is 12.3. The third kappa shape index (κ3) is 3.22. The van der Waals surface area contributed by atoms with Gasteiger partial charge in [-0.25, -0.2) is 0 Å². The van der Waals surface area contributed by atoms with Crippen LogP contribution in [0.15, 0.2) is 24.3 Å². The van der Waals surface area contributed by atoms with Gasteiger partial charge in [0.1, 0.15) is 5.75 Å². The fourth-order valence-corrected chi connectivity index (χ4v) is 2.35. The second-order valence-electron chi connectivity index (χ2n) is 5.36. The summed E-state index contributed by atoms with van der Waals surface area (Å²) in [5.74, 6) is 1.45. The summed E-state index contributed by atoms with van der Waals surface area (Å²) in [4.78, 5) is 0. The van der Waals surface area contributed by atoms with Crippen LogP contribution in [0.25, 0.3) is 0 Å². The summed E-state index contributed by atoms with van der Waals surface area (Å²) in [5, 5.41) is 0. The first-order chi connectivity index (χ1) is 8.16. The molecule has 0 radical (unpaired) electrons. The Morgan fingerprint density at radius 3 is 2.24 bits per heavy atom. The summed E-state index contributed by atoms with van der Waals surface area (Å²) in [7, 11) is 0. The van der Waals surface area contributed by atoms with Crippen LogP contribution in [-0.4, -0.2) is 6.10 Å². The smallest absolute Gasteiger partial charge is 0.119 e. The summed E-state index contributed by atoms with van der Waals surface area (Å²) in [6, 6.07) is 8.41. The van der Waals surface area contributed by atoms with E-state index in [2.05, 4.69) is 38.1 Å². The summed E-state index contributed by atoms with van der Waals surface area (Å²) < 4.78 is 5.93. The van der Waals surface area contributed by atoms with Crippen molar-refractivity contribution in [3.05, 3.63) is 29.8 Å². The molecule has 0 unspecified atom stereocenters. The number of nitrogens with two attached hydrogens (primary N) is 1. The molecule has 2 heteroatoms. The van der Waals surface area contributed by atoms with Gasteiger partial charge in [-0.05, 0) is 49.3 Å². The first-order valence-electron chi connectivity index (χ1n) is 6.69. The van der Waals surface area contributed by atoms with Crippen molar-refractivity contribution in [3.8, 4) is 5.75 Å². The molecule has 0 amide bonds. The van der Waals surface area contributed by atoms with Crippen LogP contribution in [0.5, 0.6) is 5.75 Å². The molecule has 0 aromatic heterocycles. The summed E-state index contributed by atoms with van der Waals surface area (Å²) in [6.45, 7) is 4.29. The fourth-order valence-electron chi connectivity index (χ4n) is 2.35. The van der Waals surface area contributed by atoms with Crippen molar-refractivity contribution in [2.45, 2.75) is 51.7 Å². The molecule has 2 N–H and O–H groups in total. The molecule has 1 aromatic carbocycles. The maximum atomic E-state index is 6.11. The summed E-state index contributed by atoms with van der Waals surface area (Å²) in [5.41, 5.74) is 7.30. The minimum atomic E-state index is 0.121. The Morgan fingerprint density at radius 1 is 1.12 bits per heavy atom. The van der Waals surface area contributed by atoms with Gasteiger partial charge in [0.05, 0.1) is 6.10 Å². The second-order valence-corrected chi connectivity index (χ2v) is 5.36. The lowest BCUT2D eigenvalue weighted by Gasteiger charge is -2.17. The van der Waals surface area contributed by atoms with E-state index in [-0.39, 0.29) is 6.04 Å². The van der Waals surface area contributed by atoms with Crippen LogP contribution in [0.3, 0.4) is 0 Å². The predicted octanol–water partition coefficient (Wildman–Crippen LogP) is 3.66. The van der Waals surface area contributed by atoms with Crippen LogP contribution in [0.2, 0.25) is 0 Å². The van der Waals surface area contributed by atoms with E-state index in [1.54, 1.807) is 0 Å². The topological polar surface area (TPSA) is 35.2 Å². The van der Waals surface area contributed by atoms with Gasteiger partial charge in [-0.3, -0.25) is 0 Å². The minimum absolute atomic E-state index is 0.121. The average Bonchev–Trinajstić information content (AvgIpc) is 2.82. The number of ether oxygens (including phenoxy) is 1. The maximum Gasteiger partial charge on any atom is 0.119 e. The Kier molecular flexibility index (Phi) is 4.06. The average molecular weight is 233 g/mol. The molecule has 2 nitrogen and oxygen atoms in total. The molecular formula is C15H23NO. The molecule has 0 saturated heterocycles. The number of rotatable bonds is 4. The molecule has 0 bridgehead atoms. The van der Waals surface area contributed by atoms with E-state index in [0.29, 0.717) is 12.0 Å². The fraction of sp³-hybridized carbons (Fsp3) is 0.600. The van der Waals surface area contributed by atoms with Gasteiger partial charge in [0.15, 0.2) is 0 Å². The van der Waals surface area contributed by atoms with Crippen LogP contribution < -0.4 is 10.5 Å². The molecule has 0 heterocycles. The van der Waals surface area contributed by atoms with Crippen molar-refractivity contribution in [2.24, 2.45) is 11.7 Å². The molecule has 94 valence electrons. The predicted molar refractivity (Wildman–Crippen MR) is 71.1 cm³/mol.